The molecule has 0 aliphatic heterocycles. The molecule has 0 heterocycles. The summed E-state index contributed by atoms with van der Waals surface area (Å²) in [6.45, 7) is 4.50. The molecule has 0 unspecified atom stereocenters. The van der Waals surface area contributed by atoms with Crippen LogP contribution in [0.15, 0.2) is 0 Å². The summed E-state index contributed by atoms with van der Waals surface area (Å²) in [6.07, 6.45) is 20.7. The van der Waals surface area contributed by atoms with Crippen LogP contribution in [0.25, 0.3) is 0 Å². The summed E-state index contributed by atoms with van der Waals surface area (Å²) in [7, 11) is 0. The van der Waals surface area contributed by atoms with Gasteiger partial charge in [-0.1, -0.05) is 65.2 Å². The lowest BCUT2D eigenvalue weighted by Crippen LogP contribution is -2.30. The van der Waals surface area contributed by atoms with Gasteiger partial charge < -0.3 is 0 Å². The van der Waals surface area contributed by atoms with E-state index in [1.807, 2.05) is 0 Å². The van der Waals surface area contributed by atoms with Crippen LogP contribution in [0.2, 0.25) is 0 Å². The summed E-state index contributed by atoms with van der Waals surface area (Å²) in [5.74, 6) is 2.96. The maximum absolute atomic E-state index is 9.46. The van der Waals surface area contributed by atoms with Crippen molar-refractivity contribution in [2.75, 3.05) is 0 Å². The molecule has 2 saturated carbocycles. The normalized spacial score (nSPS) is 34.9. The van der Waals surface area contributed by atoms with Gasteiger partial charge in [-0.2, -0.15) is 5.26 Å². The Kier molecular flexibility index (Phi) is 7.94. The molecule has 0 radical (unpaired) electrons. The first-order valence-electron chi connectivity index (χ1n) is 10.6. The highest BCUT2D eigenvalue weighted by molar-refractivity contribution is 5.01. The van der Waals surface area contributed by atoms with Gasteiger partial charge in [-0.05, 0) is 62.7 Å². The lowest BCUT2D eigenvalue weighted by atomic mass is 9.64. The smallest absolute Gasteiger partial charge is 0.0689 e. The van der Waals surface area contributed by atoms with E-state index in [2.05, 4.69) is 19.9 Å². The largest absolute Gasteiger partial charge is 0.198 e. The van der Waals surface area contributed by atoms with Crippen LogP contribution in [0.5, 0.6) is 0 Å². The molecule has 132 valence electrons. The van der Waals surface area contributed by atoms with Crippen LogP contribution >= 0.6 is 0 Å². The molecule has 0 spiro atoms. The van der Waals surface area contributed by atoms with Crippen molar-refractivity contribution in [3.63, 3.8) is 0 Å². The Morgan fingerprint density at radius 1 is 0.826 bits per heavy atom. The fraction of sp³-hybridized carbons (Fsp3) is 0.955. The fourth-order valence-electron chi connectivity index (χ4n) is 5.19. The highest BCUT2D eigenvalue weighted by Gasteiger charge is 2.37. The Bertz CT molecular complexity index is 351. The molecule has 0 saturated heterocycles. The predicted molar refractivity (Wildman–Crippen MR) is 99.1 cm³/mol. The van der Waals surface area contributed by atoms with Gasteiger partial charge in [0.2, 0.25) is 0 Å². The second-order valence-corrected chi connectivity index (χ2v) is 8.57. The summed E-state index contributed by atoms with van der Waals surface area (Å²) in [6, 6.07) is 2.64. The van der Waals surface area contributed by atoms with E-state index in [4.69, 9.17) is 0 Å². The van der Waals surface area contributed by atoms with Crippen molar-refractivity contribution in [3.05, 3.63) is 0 Å². The van der Waals surface area contributed by atoms with Gasteiger partial charge in [0.1, 0.15) is 0 Å². The third-order valence-electron chi connectivity index (χ3n) is 7.18. The zero-order chi connectivity index (χ0) is 16.5. The fourth-order valence-corrected chi connectivity index (χ4v) is 5.19. The highest BCUT2D eigenvalue weighted by atomic mass is 14.4. The standard InChI is InChI=1S/C22H39N/c1-3-5-6-7-8-9-19-10-12-20(13-11-19)21-14-16-22(4-2,18-23)17-15-21/h19-21H,3-17H2,1-2H3. The first-order chi connectivity index (χ1) is 11.2. The van der Waals surface area contributed by atoms with Crippen LogP contribution in [0.4, 0.5) is 0 Å². The molecule has 0 N–H and O–H groups in total. The summed E-state index contributed by atoms with van der Waals surface area (Å²) in [4.78, 5) is 0. The van der Waals surface area contributed by atoms with Crippen molar-refractivity contribution in [1.29, 1.82) is 5.26 Å². The van der Waals surface area contributed by atoms with E-state index in [1.54, 1.807) is 0 Å². The molecule has 0 aromatic rings. The molecule has 2 rings (SSSR count). The van der Waals surface area contributed by atoms with E-state index in [0.717, 1.165) is 24.2 Å². The second kappa shape index (κ2) is 9.71. The molecule has 2 fully saturated rings. The molecule has 0 amide bonds. The van der Waals surface area contributed by atoms with E-state index in [1.165, 1.54) is 89.9 Å². The predicted octanol–water partition coefficient (Wildman–Crippen LogP) is 7.26. The summed E-state index contributed by atoms with van der Waals surface area (Å²) >= 11 is 0. The van der Waals surface area contributed by atoms with Gasteiger partial charge in [0, 0.05) is 0 Å². The number of rotatable bonds is 8. The highest BCUT2D eigenvalue weighted by Crippen LogP contribution is 2.47. The van der Waals surface area contributed by atoms with Crippen molar-refractivity contribution in [1.82, 2.24) is 0 Å². The Labute approximate surface area is 145 Å². The molecule has 23 heavy (non-hydrogen) atoms. The van der Waals surface area contributed by atoms with Crippen molar-refractivity contribution in [2.45, 2.75) is 110 Å². The number of nitrogens with zero attached hydrogens (tertiary/aromatic N) is 1. The first kappa shape index (κ1) is 18.8. The number of unbranched alkanes of at least 4 members (excludes halogenated alkanes) is 4. The quantitative estimate of drug-likeness (QED) is 0.432. The van der Waals surface area contributed by atoms with Crippen LogP contribution in [0.1, 0.15) is 110 Å². The molecule has 2 aliphatic rings. The second-order valence-electron chi connectivity index (χ2n) is 8.57. The van der Waals surface area contributed by atoms with Crippen molar-refractivity contribution in [2.24, 2.45) is 23.2 Å². The average molecular weight is 318 g/mol. The van der Waals surface area contributed by atoms with Gasteiger partial charge in [-0.15, -0.1) is 0 Å². The molecule has 0 aromatic heterocycles. The first-order valence-corrected chi connectivity index (χ1v) is 10.6. The summed E-state index contributed by atoms with van der Waals surface area (Å²) in [5, 5.41) is 9.46. The minimum absolute atomic E-state index is 0.0339. The molecule has 1 heteroatoms. The minimum atomic E-state index is 0.0339. The van der Waals surface area contributed by atoms with E-state index >= 15 is 0 Å². The van der Waals surface area contributed by atoms with E-state index in [-0.39, 0.29) is 5.41 Å². The summed E-state index contributed by atoms with van der Waals surface area (Å²) in [5.41, 5.74) is 0.0339. The van der Waals surface area contributed by atoms with Gasteiger partial charge in [0.25, 0.3) is 0 Å². The topological polar surface area (TPSA) is 23.8 Å². The van der Waals surface area contributed by atoms with E-state index in [9.17, 15) is 5.26 Å². The average Bonchev–Trinajstić information content (AvgIpc) is 2.62. The third kappa shape index (κ3) is 5.51. The van der Waals surface area contributed by atoms with Crippen molar-refractivity contribution in [3.8, 4) is 6.07 Å². The lowest BCUT2D eigenvalue weighted by Gasteiger charge is -2.40. The summed E-state index contributed by atoms with van der Waals surface area (Å²) < 4.78 is 0. The number of nitriles is 1. The molecule has 0 bridgehead atoms. The van der Waals surface area contributed by atoms with Crippen molar-refractivity contribution >= 4 is 0 Å². The maximum atomic E-state index is 9.46. The molecule has 2 aliphatic carbocycles. The van der Waals surface area contributed by atoms with Gasteiger partial charge in [0.15, 0.2) is 0 Å². The van der Waals surface area contributed by atoms with Crippen LogP contribution < -0.4 is 0 Å². The monoisotopic (exact) mass is 317 g/mol. The minimum Gasteiger partial charge on any atom is -0.198 e. The van der Waals surface area contributed by atoms with E-state index < -0.39 is 0 Å². The van der Waals surface area contributed by atoms with Gasteiger partial charge in [0.05, 0.1) is 11.5 Å². The molecule has 0 atom stereocenters. The molecular formula is C22H39N. The van der Waals surface area contributed by atoms with Gasteiger partial charge in [-0.25, -0.2) is 0 Å². The van der Waals surface area contributed by atoms with Crippen LogP contribution in [0.3, 0.4) is 0 Å². The zero-order valence-electron chi connectivity index (χ0n) is 15.8. The van der Waals surface area contributed by atoms with Gasteiger partial charge >= 0.3 is 0 Å². The maximum Gasteiger partial charge on any atom is 0.0689 e. The van der Waals surface area contributed by atoms with Crippen molar-refractivity contribution < 1.29 is 0 Å². The third-order valence-corrected chi connectivity index (χ3v) is 7.18. The van der Waals surface area contributed by atoms with Crippen LogP contribution in [0, 0.1) is 34.5 Å². The SMILES string of the molecule is CCCCCCCC1CCC(C2CCC(C#N)(CC)CC2)CC1. The van der Waals surface area contributed by atoms with Crippen LogP contribution in [-0.4, -0.2) is 0 Å². The number of hydrogen-bond acceptors (Lipinski definition) is 1. The van der Waals surface area contributed by atoms with Crippen LogP contribution in [-0.2, 0) is 0 Å². The molecule has 0 aromatic carbocycles. The van der Waals surface area contributed by atoms with Gasteiger partial charge in [-0.3, -0.25) is 0 Å². The lowest BCUT2D eigenvalue weighted by molar-refractivity contribution is 0.118. The van der Waals surface area contributed by atoms with E-state index in [0.29, 0.717) is 0 Å². The Morgan fingerprint density at radius 3 is 2.00 bits per heavy atom. The molecular weight excluding hydrogens is 278 g/mol. The zero-order valence-corrected chi connectivity index (χ0v) is 15.8. The molecule has 1 nitrogen and oxygen atoms in total. The number of hydrogen-bond donors (Lipinski definition) is 0. The Hall–Kier alpha value is -0.510. The Morgan fingerprint density at radius 2 is 1.43 bits per heavy atom. The Balaban J connectivity index is 1.63.